The largest absolute Gasteiger partial charge is 0.374 e. The lowest BCUT2D eigenvalue weighted by Gasteiger charge is -2.28. The third-order valence-corrected chi connectivity index (χ3v) is 5.46. The Morgan fingerprint density at radius 2 is 2.16 bits per heavy atom. The second-order valence-electron chi connectivity index (χ2n) is 6.88. The summed E-state index contributed by atoms with van der Waals surface area (Å²) >= 11 is 0. The zero-order valence-electron chi connectivity index (χ0n) is 15.7. The molecule has 1 aliphatic heterocycles. The van der Waals surface area contributed by atoms with Crippen LogP contribution in [0.1, 0.15) is 30.9 Å². The standard InChI is InChI=1S/C18H30N4O2S/c1-14(9-11-25(4,23)24)21-18(19-2)20-13-15-7-8-17-16(12-15)6-5-10-22(17)3/h7-8,12,14H,5-6,9-11,13H2,1-4H3,(H2,19,20,21). The maximum absolute atomic E-state index is 11.3. The van der Waals surface area contributed by atoms with Gasteiger partial charge in [-0.05, 0) is 43.4 Å². The summed E-state index contributed by atoms with van der Waals surface area (Å²) in [6.07, 6.45) is 4.15. The Balaban J connectivity index is 1.88. The van der Waals surface area contributed by atoms with E-state index in [0.717, 1.165) is 13.0 Å². The zero-order valence-corrected chi connectivity index (χ0v) is 16.5. The van der Waals surface area contributed by atoms with Gasteiger partial charge in [-0.1, -0.05) is 12.1 Å². The first-order chi connectivity index (χ1) is 11.8. The normalized spacial score (nSPS) is 16.3. The van der Waals surface area contributed by atoms with Gasteiger partial charge in [0.1, 0.15) is 9.84 Å². The van der Waals surface area contributed by atoms with Crippen molar-refractivity contribution in [1.82, 2.24) is 10.6 Å². The van der Waals surface area contributed by atoms with Crippen LogP contribution in [0.4, 0.5) is 5.69 Å². The molecule has 1 atom stereocenters. The lowest BCUT2D eigenvalue weighted by Crippen LogP contribution is -2.42. The van der Waals surface area contributed by atoms with Crippen LogP contribution in [0.3, 0.4) is 0 Å². The fourth-order valence-electron chi connectivity index (χ4n) is 3.03. The molecule has 0 saturated heterocycles. The third kappa shape index (κ3) is 6.23. The monoisotopic (exact) mass is 366 g/mol. The Morgan fingerprint density at radius 3 is 2.84 bits per heavy atom. The number of nitrogens with zero attached hydrogens (tertiary/aromatic N) is 2. The minimum Gasteiger partial charge on any atom is -0.374 e. The van der Waals surface area contributed by atoms with Gasteiger partial charge in [0, 0.05) is 45.2 Å². The molecule has 7 heteroatoms. The Kier molecular flexibility index (Phi) is 6.70. The van der Waals surface area contributed by atoms with Gasteiger partial charge in [-0.3, -0.25) is 4.99 Å². The lowest BCUT2D eigenvalue weighted by molar-refractivity contribution is 0.581. The fraction of sp³-hybridized carbons (Fsp3) is 0.611. The van der Waals surface area contributed by atoms with Gasteiger partial charge in [-0.15, -0.1) is 0 Å². The molecular weight excluding hydrogens is 336 g/mol. The van der Waals surface area contributed by atoms with Gasteiger partial charge in [-0.2, -0.15) is 0 Å². The molecule has 0 aliphatic carbocycles. The smallest absolute Gasteiger partial charge is 0.191 e. The van der Waals surface area contributed by atoms with Gasteiger partial charge < -0.3 is 15.5 Å². The molecule has 1 unspecified atom stereocenters. The van der Waals surface area contributed by atoms with Gasteiger partial charge in [0.05, 0.1) is 5.75 Å². The molecular formula is C18H30N4O2S. The molecule has 0 saturated carbocycles. The highest BCUT2D eigenvalue weighted by Crippen LogP contribution is 2.26. The lowest BCUT2D eigenvalue weighted by atomic mass is 9.99. The summed E-state index contributed by atoms with van der Waals surface area (Å²) in [6, 6.07) is 6.64. The highest BCUT2D eigenvalue weighted by molar-refractivity contribution is 7.90. The summed E-state index contributed by atoms with van der Waals surface area (Å²) in [5, 5.41) is 6.55. The molecule has 0 bridgehead atoms. The summed E-state index contributed by atoms with van der Waals surface area (Å²) in [6.45, 7) is 3.77. The van der Waals surface area contributed by atoms with Crippen molar-refractivity contribution in [1.29, 1.82) is 0 Å². The molecule has 6 nitrogen and oxygen atoms in total. The van der Waals surface area contributed by atoms with Crippen LogP contribution in [0.5, 0.6) is 0 Å². The van der Waals surface area contributed by atoms with Crippen molar-refractivity contribution < 1.29 is 8.42 Å². The Morgan fingerprint density at radius 1 is 1.40 bits per heavy atom. The number of aryl methyl sites for hydroxylation is 1. The van der Waals surface area contributed by atoms with E-state index in [4.69, 9.17) is 0 Å². The molecule has 140 valence electrons. The van der Waals surface area contributed by atoms with Crippen LogP contribution >= 0.6 is 0 Å². The molecule has 0 aromatic heterocycles. The van der Waals surface area contributed by atoms with Crippen molar-refractivity contribution in [3.8, 4) is 0 Å². The molecule has 1 heterocycles. The quantitative estimate of drug-likeness (QED) is 0.590. The maximum Gasteiger partial charge on any atom is 0.191 e. The molecule has 25 heavy (non-hydrogen) atoms. The molecule has 0 fully saturated rings. The second-order valence-corrected chi connectivity index (χ2v) is 9.14. The Bertz CT molecular complexity index is 716. The SMILES string of the molecule is CN=C(NCc1ccc2c(c1)CCCN2C)NC(C)CCS(C)(=O)=O. The summed E-state index contributed by atoms with van der Waals surface area (Å²) in [5.41, 5.74) is 3.95. The molecule has 0 amide bonds. The van der Waals surface area contributed by atoms with Crippen molar-refractivity contribution in [2.75, 3.05) is 37.5 Å². The number of nitrogens with one attached hydrogen (secondary N) is 2. The van der Waals surface area contributed by atoms with Gasteiger partial charge in [0.25, 0.3) is 0 Å². The maximum atomic E-state index is 11.3. The zero-order chi connectivity index (χ0) is 18.4. The second kappa shape index (κ2) is 8.56. The molecule has 0 spiro atoms. The summed E-state index contributed by atoms with van der Waals surface area (Å²) in [5.74, 6) is 0.868. The average Bonchev–Trinajstić information content (AvgIpc) is 2.56. The van der Waals surface area contributed by atoms with Gasteiger partial charge in [0.15, 0.2) is 5.96 Å². The van der Waals surface area contributed by atoms with Crippen LogP contribution in [0.25, 0.3) is 0 Å². The Labute approximate surface area is 151 Å². The molecule has 1 aliphatic rings. The van der Waals surface area contributed by atoms with Crippen molar-refractivity contribution in [2.45, 2.75) is 38.8 Å². The van der Waals surface area contributed by atoms with E-state index < -0.39 is 9.84 Å². The van der Waals surface area contributed by atoms with E-state index in [2.05, 4.69) is 45.8 Å². The number of fused-ring (bicyclic) bond motifs is 1. The highest BCUT2D eigenvalue weighted by atomic mass is 32.2. The van der Waals surface area contributed by atoms with Crippen LogP contribution < -0.4 is 15.5 Å². The number of sulfone groups is 1. The first-order valence-corrected chi connectivity index (χ1v) is 10.8. The molecule has 2 rings (SSSR count). The molecule has 1 aromatic rings. The summed E-state index contributed by atoms with van der Waals surface area (Å²) in [7, 11) is 0.927. The molecule has 0 radical (unpaired) electrons. The van der Waals surface area contributed by atoms with E-state index in [1.165, 1.54) is 29.5 Å². The van der Waals surface area contributed by atoms with Crippen LogP contribution in [-0.2, 0) is 22.8 Å². The van der Waals surface area contributed by atoms with Crippen LogP contribution in [0, 0.1) is 0 Å². The number of rotatable bonds is 6. The summed E-state index contributed by atoms with van der Waals surface area (Å²) < 4.78 is 22.5. The van der Waals surface area contributed by atoms with E-state index in [9.17, 15) is 8.42 Å². The van der Waals surface area contributed by atoms with Crippen LogP contribution in [0.2, 0.25) is 0 Å². The van der Waals surface area contributed by atoms with Gasteiger partial charge in [-0.25, -0.2) is 8.42 Å². The van der Waals surface area contributed by atoms with Crippen molar-refractivity contribution >= 4 is 21.5 Å². The molecule has 1 aromatic carbocycles. The molecule has 2 N–H and O–H groups in total. The number of benzene rings is 1. The highest BCUT2D eigenvalue weighted by Gasteiger charge is 2.14. The number of hydrogen-bond donors (Lipinski definition) is 2. The van der Waals surface area contributed by atoms with Crippen LogP contribution in [-0.4, -0.2) is 53.1 Å². The van der Waals surface area contributed by atoms with Crippen molar-refractivity contribution in [3.63, 3.8) is 0 Å². The Hall–Kier alpha value is -1.76. The van der Waals surface area contributed by atoms with Crippen molar-refractivity contribution in [2.24, 2.45) is 4.99 Å². The number of guanidine groups is 1. The number of aliphatic imine (C=N–C) groups is 1. The predicted molar refractivity (Wildman–Crippen MR) is 105 cm³/mol. The van der Waals surface area contributed by atoms with E-state index in [1.807, 2.05) is 6.92 Å². The minimum atomic E-state index is -2.93. The predicted octanol–water partition coefficient (Wildman–Crippen LogP) is 1.56. The average molecular weight is 367 g/mol. The fourth-order valence-corrected chi connectivity index (χ4v) is 3.81. The van der Waals surface area contributed by atoms with Crippen LogP contribution in [0.15, 0.2) is 23.2 Å². The number of hydrogen-bond acceptors (Lipinski definition) is 4. The third-order valence-electron chi connectivity index (χ3n) is 4.48. The summed E-state index contributed by atoms with van der Waals surface area (Å²) in [4.78, 5) is 6.53. The van der Waals surface area contributed by atoms with Crippen molar-refractivity contribution in [3.05, 3.63) is 29.3 Å². The number of anilines is 1. The van der Waals surface area contributed by atoms with Gasteiger partial charge >= 0.3 is 0 Å². The van der Waals surface area contributed by atoms with E-state index >= 15 is 0 Å². The first kappa shape index (κ1) is 19.6. The van der Waals surface area contributed by atoms with E-state index in [-0.39, 0.29) is 11.8 Å². The minimum absolute atomic E-state index is 0.0399. The first-order valence-electron chi connectivity index (χ1n) is 8.76. The van der Waals surface area contributed by atoms with E-state index in [1.54, 1.807) is 7.05 Å². The van der Waals surface area contributed by atoms with E-state index in [0.29, 0.717) is 18.9 Å². The topological polar surface area (TPSA) is 73.8 Å². The van der Waals surface area contributed by atoms with Gasteiger partial charge in [0.2, 0.25) is 0 Å².